The Morgan fingerprint density at radius 2 is 2.12 bits per heavy atom. The van der Waals surface area contributed by atoms with Gasteiger partial charge in [0.1, 0.15) is 6.26 Å². The van der Waals surface area contributed by atoms with E-state index >= 15 is 0 Å². The zero-order valence-electron chi connectivity index (χ0n) is 12.0. The number of hydrogen-bond donors (Lipinski definition) is 1. The largest absolute Gasteiger partial charge is 0.451 e. The van der Waals surface area contributed by atoms with E-state index in [1.807, 2.05) is 0 Å². The van der Waals surface area contributed by atoms with E-state index in [-0.39, 0.29) is 5.69 Å². The summed E-state index contributed by atoms with van der Waals surface area (Å²) in [6, 6.07) is 5.11. The van der Waals surface area contributed by atoms with Crippen molar-refractivity contribution in [2.75, 3.05) is 5.32 Å². The Labute approximate surface area is 138 Å². The quantitative estimate of drug-likeness (QED) is 0.770. The topological polar surface area (TPSA) is 68.0 Å². The van der Waals surface area contributed by atoms with E-state index in [9.17, 15) is 18.0 Å². The highest BCUT2D eigenvalue weighted by Gasteiger charge is 2.30. The van der Waals surface area contributed by atoms with Crippen LogP contribution in [0.5, 0.6) is 0 Å². The fourth-order valence-corrected chi connectivity index (χ4v) is 2.83. The molecule has 0 radical (unpaired) electrons. The smallest absolute Gasteiger partial charge is 0.416 e. The maximum absolute atomic E-state index is 12.7. The summed E-state index contributed by atoms with van der Waals surface area (Å²) in [6.45, 7) is 0. The summed E-state index contributed by atoms with van der Waals surface area (Å²) >= 11 is 1.18. The zero-order valence-corrected chi connectivity index (χ0v) is 12.8. The molecular weight excluding hydrogens is 343 g/mol. The van der Waals surface area contributed by atoms with Gasteiger partial charge in [0, 0.05) is 17.5 Å². The molecule has 1 N–H and O–H groups in total. The van der Waals surface area contributed by atoms with Gasteiger partial charge in [-0.2, -0.15) is 13.2 Å². The normalized spacial score (nSPS) is 11.5. The monoisotopic (exact) mass is 353 g/mol. The third-order valence-corrected chi connectivity index (χ3v) is 3.98. The molecule has 0 aliphatic heterocycles. The van der Waals surface area contributed by atoms with Crippen molar-refractivity contribution in [3.05, 3.63) is 64.8 Å². The highest BCUT2D eigenvalue weighted by molar-refractivity contribution is 7.15. The lowest BCUT2D eigenvalue weighted by atomic mass is 10.1. The first-order valence-electron chi connectivity index (χ1n) is 6.72. The number of hydrogen-bond acceptors (Lipinski definition) is 5. The van der Waals surface area contributed by atoms with Crippen LogP contribution in [0.15, 0.2) is 47.5 Å². The maximum Gasteiger partial charge on any atom is 0.416 e. The molecule has 0 atom stereocenters. The van der Waals surface area contributed by atoms with Crippen molar-refractivity contribution in [3.8, 4) is 0 Å². The molecule has 24 heavy (non-hydrogen) atoms. The number of anilines is 1. The third-order valence-electron chi connectivity index (χ3n) is 3.07. The van der Waals surface area contributed by atoms with Crippen molar-refractivity contribution in [2.24, 2.45) is 0 Å². The van der Waals surface area contributed by atoms with Gasteiger partial charge in [0.25, 0.3) is 5.91 Å². The van der Waals surface area contributed by atoms with Gasteiger partial charge in [-0.3, -0.25) is 10.1 Å². The van der Waals surface area contributed by atoms with E-state index < -0.39 is 17.6 Å². The van der Waals surface area contributed by atoms with Gasteiger partial charge in [0.15, 0.2) is 17.2 Å². The van der Waals surface area contributed by atoms with E-state index in [4.69, 9.17) is 4.42 Å². The lowest BCUT2D eigenvalue weighted by Gasteiger charge is -2.07. The minimum Gasteiger partial charge on any atom is -0.451 e. The van der Waals surface area contributed by atoms with Crippen LogP contribution < -0.4 is 5.32 Å². The number of aromatic nitrogens is 2. The van der Waals surface area contributed by atoms with Crippen LogP contribution in [-0.2, 0) is 12.6 Å². The summed E-state index contributed by atoms with van der Waals surface area (Å²) in [6.07, 6.45) is -0.229. The zero-order chi connectivity index (χ0) is 17.2. The number of halogens is 3. The molecule has 0 aliphatic rings. The second-order valence-corrected chi connectivity index (χ2v) is 5.95. The number of thiazole rings is 1. The number of rotatable bonds is 4. The van der Waals surface area contributed by atoms with E-state index in [2.05, 4.69) is 15.3 Å². The molecular formula is C15H10F3N3O2S. The summed E-state index contributed by atoms with van der Waals surface area (Å²) in [5, 5.41) is 2.89. The number of oxazole rings is 1. The Bertz CT molecular complexity index is 844. The van der Waals surface area contributed by atoms with Crippen molar-refractivity contribution in [1.29, 1.82) is 0 Å². The summed E-state index contributed by atoms with van der Waals surface area (Å²) in [5.41, 5.74) is -0.0587. The number of carbonyl (C=O) groups is 1. The molecule has 0 bridgehead atoms. The van der Waals surface area contributed by atoms with Crippen molar-refractivity contribution >= 4 is 22.4 Å². The number of carbonyl (C=O) groups excluding carboxylic acids is 1. The number of amides is 1. The minimum absolute atomic E-state index is 0.115. The van der Waals surface area contributed by atoms with Gasteiger partial charge in [0.2, 0.25) is 0 Å². The van der Waals surface area contributed by atoms with Crippen LogP contribution in [-0.4, -0.2) is 15.9 Å². The molecule has 0 fully saturated rings. The highest BCUT2D eigenvalue weighted by Crippen LogP contribution is 2.30. The van der Waals surface area contributed by atoms with E-state index in [1.54, 1.807) is 6.07 Å². The number of nitrogens with one attached hydrogen (secondary N) is 1. The maximum atomic E-state index is 12.7. The highest BCUT2D eigenvalue weighted by atomic mass is 32.1. The predicted molar refractivity (Wildman–Crippen MR) is 80.8 cm³/mol. The van der Waals surface area contributed by atoms with Crippen LogP contribution in [0.25, 0.3) is 0 Å². The van der Waals surface area contributed by atoms with Crippen LogP contribution in [0.3, 0.4) is 0 Å². The molecule has 1 amide bonds. The van der Waals surface area contributed by atoms with Gasteiger partial charge in [0.05, 0.1) is 5.56 Å². The van der Waals surface area contributed by atoms with Gasteiger partial charge in [-0.15, -0.1) is 11.3 Å². The number of benzene rings is 1. The fourth-order valence-electron chi connectivity index (χ4n) is 1.99. The van der Waals surface area contributed by atoms with Gasteiger partial charge in [-0.25, -0.2) is 9.97 Å². The first kappa shape index (κ1) is 16.2. The molecule has 124 valence electrons. The first-order valence-corrected chi connectivity index (χ1v) is 7.54. The second-order valence-electron chi connectivity index (χ2n) is 4.83. The van der Waals surface area contributed by atoms with Crippen molar-refractivity contribution in [3.63, 3.8) is 0 Å². The van der Waals surface area contributed by atoms with Crippen LogP contribution in [0, 0.1) is 0 Å². The SMILES string of the molecule is O=C(Nc1ncc(Cc2cccc(C(F)(F)F)c2)s1)c1cocn1. The lowest BCUT2D eigenvalue weighted by Crippen LogP contribution is -2.11. The van der Waals surface area contributed by atoms with Gasteiger partial charge in [-0.1, -0.05) is 18.2 Å². The molecule has 0 spiro atoms. The summed E-state index contributed by atoms with van der Waals surface area (Å²) in [5.74, 6) is -0.469. The molecule has 1 aromatic carbocycles. The Hall–Kier alpha value is -2.68. The first-order chi connectivity index (χ1) is 11.4. The van der Waals surface area contributed by atoms with E-state index in [0.29, 0.717) is 17.1 Å². The van der Waals surface area contributed by atoms with Gasteiger partial charge < -0.3 is 4.42 Å². The van der Waals surface area contributed by atoms with Gasteiger partial charge in [-0.05, 0) is 11.6 Å². The molecule has 2 heterocycles. The van der Waals surface area contributed by atoms with E-state index in [1.165, 1.54) is 29.9 Å². The summed E-state index contributed by atoms with van der Waals surface area (Å²) < 4.78 is 42.9. The lowest BCUT2D eigenvalue weighted by molar-refractivity contribution is -0.137. The van der Waals surface area contributed by atoms with Crippen molar-refractivity contribution in [2.45, 2.75) is 12.6 Å². The number of nitrogens with zero attached hydrogens (tertiary/aromatic N) is 2. The fraction of sp³-hybridized carbons (Fsp3) is 0.133. The minimum atomic E-state index is -4.37. The van der Waals surface area contributed by atoms with Crippen LogP contribution in [0.4, 0.5) is 18.3 Å². The second kappa shape index (κ2) is 6.44. The Balaban J connectivity index is 1.69. The molecule has 0 unspecified atom stereocenters. The summed E-state index contributed by atoms with van der Waals surface area (Å²) in [7, 11) is 0. The molecule has 2 aromatic heterocycles. The molecule has 5 nitrogen and oxygen atoms in total. The van der Waals surface area contributed by atoms with Gasteiger partial charge >= 0.3 is 6.18 Å². The standard InChI is InChI=1S/C15H10F3N3O2S/c16-15(17,18)10-3-1-2-9(4-10)5-11-6-19-14(24-11)21-13(22)12-7-23-8-20-12/h1-4,6-8H,5H2,(H,19,21,22). The van der Waals surface area contributed by atoms with Crippen LogP contribution in [0.2, 0.25) is 0 Å². The Morgan fingerprint density at radius 3 is 2.83 bits per heavy atom. The van der Waals surface area contributed by atoms with Crippen molar-refractivity contribution in [1.82, 2.24) is 9.97 Å². The molecule has 3 aromatic rings. The summed E-state index contributed by atoms with van der Waals surface area (Å²) in [4.78, 5) is 20.3. The van der Waals surface area contributed by atoms with Crippen LogP contribution in [0.1, 0.15) is 26.5 Å². The molecule has 0 saturated carbocycles. The Morgan fingerprint density at radius 1 is 1.29 bits per heavy atom. The molecule has 0 saturated heterocycles. The molecule has 3 rings (SSSR count). The van der Waals surface area contributed by atoms with Crippen molar-refractivity contribution < 1.29 is 22.4 Å². The molecule has 9 heteroatoms. The van der Waals surface area contributed by atoms with E-state index in [0.717, 1.165) is 23.4 Å². The Kier molecular flexibility index (Phi) is 4.34. The predicted octanol–water partition coefficient (Wildman–Crippen LogP) is 3.99. The third kappa shape index (κ3) is 3.80. The number of alkyl halides is 3. The average molecular weight is 353 g/mol. The molecule has 0 aliphatic carbocycles. The van der Waals surface area contributed by atoms with Crippen LogP contribution >= 0.6 is 11.3 Å². The average Bonchev–Trinajstić information content (AvgIpc) is 3.18.